The number of hydrogen-bond donors (Lipinski definition) is 7. The van der Waals surface area contributed by atoms with E-state index in [0.717, 1.165) is 18.4 Å². The third kappa shape index (κ3) is 13.8. The quantitative estimate of drug-likeness (QED) is 0.0960. The van der Waals surface area contributed by atoms with E-state index in [2.05, 4.69) is 45.2 Å². The van der Waals surface area contributed by atoms with E-state index >= 15 is 0 Å². The van der Waals surface area contributed by atoms with E-state index < -0.39 is 29.5 Å². The molecule has 0 radical (unpaired) electrons. The van der Waals surface area contributed by atoms with Gasteiger partial charge in [-0.1, -0.05) is 87.9 Å². The molecule has 0 bridgehead atoms. The highest BCUT2D eigenvalue weighted by Gasteiger charge is 2.38. The molecule has 1 saturated heterocycles. The van der Waals surface area contributed by atoms with Crippen molar-refractivity contribution in [1.82, 2.24) is 26.2 Å². The topological polar surface area (TPSA) is 192 Å². The maximum atomic E-state index is 13.9. The smallest absolute Gasteiger partial charge is 0.323 e. The summed E-state index contributed by atoms with van der Waals surface area (Å²) in [4.78, 5) is 54.6. The van der Waals surface area contributed by atoms with E-state index in [1.165, 1.54) is 5.56 Å². The summed E-state index contributed by atoms with van der Waals surface area (Å²) in [6.07, 6.45) is 3.65. The minimum absolute atomic E-state index is 0.0460. The van der Waals surface area contributed by atoms with Crippen molar-refractivity contribution in [1.29, 1.82) is 0 Å². The molecule has 1 heterocycles. The van der Waals surface area contributed by atoms with Gasteiger partial charge in [0, 0.05) is 38.6 Å². The molecule has 1 aliphatic rings. The number of carboxylic acid groups (broad SMARTS) is 1. The summed E-state index contributed by atoms with van der Waals surface area (Å²) in [5, 5.41) is 21.8. The summed E-state index contributed by atoms with van der Waals surface area (Å²) in [6, 6.07) is 17.6. The maximum absolute atomic E-state index is 13.9. The zero-order chi connectivity index (χ0) is 36.5. The molecule has 0 aromatic heterocycles. The average molecular weight is 694 g/mol. The zero-order valence-corrected chi connectivity index (χ0v) is 30.0. The molecular formula is C38H59N7O5. The molecule has 2 aromatic carbocycles. The van der Waals surface area contributed by atoms with E-state index in [-0.39, 0.29) is 42.7 Å². The van der Waals surface area contributed by atoms with Crippen LogP contribution in [0.25, 0.3) is 0 Å². The number of rotatable bonds is 21. The molecule has 12 heteroatoms. The van der Waals surface area contributed by atoms with E-state index in [1.807, 2.05) is 62.4 Å². The number of aliphatic carboxylic acids is 1. The van der Waals surface area contributed by atoms with E-state index in [1.54, 1.807) is 0 Å². The fourth-order valence-corrected chi connectivity index (χ4v) is 6.29. The Hall–Kier alpha value is -3.84. The number of carbonyl (C=O) groups excluding carboxylic acids is 3. The molecule has 0 aliphatic carbocycles. The predicted octanol–water partition coefficient (Wildman–Crippen LogP) is 2.13. The van der Waals surface area contributed by atoms with Crippen LogP contribution in [0.4, 0.5) is 0 Å². The Bertz CT molecular complexity index is 1340. The SMILES string of the molecule is CC(C)C[C@@H](NC(=O)[C@@H](Cc1ccccc1)NC(=O)CNC[C@@H](C)c1ccccc1)C(=O)N[C@H](CCCCN)CN1CCC(N)(C(=O)O)CC1. The van der Waals surface area contributed by atoms with Gasteiger partial charge in [-0.15, -0.1) is 0 Å². The largest absolute Gasteiger partial charge is 0.480 e. The van der Waals surface area contributed by atoms with Crippen LogP contribution in [0.2, 0.25) is 0 Å². The van der Waals surface area contributed by atoms with Crippen LogP contribution in [-0.2, 0) is 25.6 Å². The number of unbranched alkanes of at least 4 members (excludes halogenated alkanes) is 1. The summed E-state index contributed by atoms with van der Waals surface area (Å²) < 4.78 is 0. The number of likely N-dealkylation sites (tertiary alicyclic amines) is 1. The predicted molar refractivity (Wildman–Crippen MR) is 196 cm³/mol. The number of carboxylic acids is 1. The standard InChI is InChI=1S/C38H59N7O5/c1-27(2)22-32(35(47)42-31(16-10-11-19-39)26-45-20-17-38(40,18-21-45)37(49)50)44-36(48)33(23-29-12-6-4-7-13-29)43-34(46)25-41-24-28(3)30-14-8-5-9-15-30/h4-9,12-15,27-28,31-33,41H,10-11,16-26,39-40H2,1-3H3,(H,42,47)(H,43,46)(H,44,48)(H,49,50)/t28-,31-,32-,33-/m1/s1. The number of nitrogens with two attached hydrogens (primary N) is 2. The van der Waals surface area contributed by atoms with Crippen LogP contribution in [0.15, 0.2) is 60.7 Å². The monoisotopic (exact) mass is 693 g/mol. The highest BCUT2D eigenvalue weighted by Crippen LogP contribution is 2.21. The maximum Gasteiger partial charge on any atom is 0.323 e. The van der Waals surface area contributed by atoms with E-state index in [0.29, 0.717) is 58.4 Å². The third-order valence-electron chi connectivity index (χ3n) is 9.39. The average Bonchev–Trinajstić information content (AvgIpc) is 3.09. The van der Waals surface area contributed by atoms with Crippen LogP contribution < -0.4 is 32.7 Å². The molecular weight excluding hydrogens is 634 g/mol. The minimum Gasteiger partial charge on any atom is -0.480 e. The number of benzene rings is 2. The molecule has 1 aliphatic heterocycles. The lowest BCUT2D eigenvalue weighted by molar-refractivity contribution is -0.145. The Morgan fingerprint density at radius 3 is 2.08 bits per heavy atom. The first-order valence-corrected chi connectivity index (χ1v) is 18.0. The molecule has 3 amide bonds. The van der Waals surface area contributed by atoms with Crippen molar-refractivity contribution in [2.24, 2.45) is 17.4 Å². The Labute approximate surface area is 297 Å². The van der Waals surface area contributed by atoms with Crippen molar-refractivity contribution in [2.45, 2.75) is 95.3 Å². The highest BCUT2D eigenvalue weighted by molar-refractivity contribution is 5.92. The summed E-state index contributed by atoms with van der Waals surface area (Å²) in [5.74, 6) is -1.71. The molecule has 9 N–H and O–H groups in total. The van der Waals surface area contributed by atoms with Gasteiger partial charge in [-0.25, -0.2) is 0 Å². The number of hydrogen-bond acceptors (Lipinski definition) is 8. The van der Waals surface area contributed by atoms with Gasteiger partial charge in [0.05, 0.1) is 6.54 Å². The normalized spacial score (nSPS) is 16.9. The molecule has 12 nitrogen and oxygen atoms in total. The van der Waals surface area contributed by atoms with Crippen LogP contribution >= 0.6 is 0 Å². The van der Waals surface area contributed by atoms with Crippen LogP contribution in [-0.4, -0.2) is 96.6 Å². The second kappa shape index (κ2) is 20.7. The molecule has 3 rings (SSSR count). The molecule has 4 atom stereocenters. The lowest BCUT2D eigenvalue weighted by Gasteiger charge is -2.38. The lowest BCUT2D eigenvalue weighted by atomic mass is 9.88. The number of amides is 3. The zero-order valence-electron chi connectivity index (χ0n) is 30.0. The van der Waals surface area contributed by atoms with E-state index in [4.69, 9.17) is 11.5 Å². The van der Waals surface area contributed by atoms with Crippen LogP contribution in [0, 0.1) is 5.92 Å². The van der Waals surface area contributed by atoms with Gasteiger partial charge < -0.3 is 42.7 Å². The van der Waals surface area contributed by atoms with Crippen molar-refractivity contribution >= 4 is 23.7 Å². The van der Waals surface area contributed by atoms with Crippen LogP contribution in [0.1, 0.15) is 76.3 Å². The van der Waals surface area contributed by atoms with Crippen LogP contribution in [0.3, 0.4) is 0 Å². The first-order valence-electron chi connectivity index (χ1n) is 18.0. The third-order valence-corrected chi connectivity index (χ3v) is 9.39. The highest BCUT2D eigenvalue weighted by atomic mass is 16.4. The fourth-order valence-electron chi connectivity index (χ4n) is 6.29. The number of piperidine rings is 1. The van der Waals surface area contributed by atoms with Crippen molar-refractivity contribution in [3.8, 4) is 0 Å². The first-order chi connectivity index (χ1) is 23.9. The van der Waals surface area contributed by atoms with Crippen molar-refractivity contribution in [3.63, 3.8) is 0 Å². The summed E-state index contributed by atoms with van der Waals surface area (Å²) in [7, 11) is 0. The van der Waals surface area contributed by atoms with Crippen molar-refractivity contribution < 1.29 is 24.3 Å². The minimum atomic E-state index is -1.23. The molecule has 0 unspecified atom stereocenters. The lowest BCUT2D eigenvalue weighted by Crippen LogP contribution is -2.59. The van der Waals surface area contributed by atoms with Gasteiger partial charge >= 0.3 is 5.97 Å². The first kappa shape index (κ1) is 40.6. The summed E-state index contributed by atoms with van der Waals surface area (Å²) in [5.41, 5.74) is 12.7. The summed E-state index contributed by atoms with van der Waals surface area (Å²) >= 11 is 0. The van der Waals surface area contributed by atoms with Crippen molar-refractivity contribution in [2.75, 3.05) is 39.3 Å². The Morgan fingerprint density at radius 2 is 1.48 bits per heavy atom. The van der Waals surface area contributed by atoms with Gasteiger partial charge in [0.2, 0.25) is 17.7 Å². The van der Waals surface area contributed by atoms with Gasteiger partial charge in [-0.05, 0) is 61.6 Å². The second-order valence-corrected chi connectivity index (χ2v) is 14.2. The van der Waals surface area contributed by atoms with Crippen LogP contribution in [0.5, 0.6) is 0 Å². The summed E-state index contributed by atoms with van der Waals surface area (Å²) in [6.45, 7) is 8.82. The van der Waals surface area contributed by atoms with Gasteiger partial charge in [0.15, 0.2) is 0 Å². The van der Waals surface area contributed by atoms with E-state index in [9.17, 15) is 24.3 Å². The van der Waals surface area contributed by atoms with Gasteiger partial charge in [0.1, 0.15) is 17.6 Å². The number of nitrogens with one attached hydrogen (secondary N) is 4. The Morgan fingerprint density at radius 1 is 0.860 bits per heavy atom. The van der Waals surface area contributed by atoms with Gasteiger partial charge in [0.25, 0.3) is 0 Å². The number of nitrogens with zero attached hydrogens (tertiary/aromatic N) is 1. The second-order valence-electron chi connectivity index (χ2n) is 14.2. The molecule has 2 aromatic rings. The van der Waals surface area contributed by atoms with Crippen molar-refractivity contribution in [3.05, 3.63) is 71.8 Å². The molecule has 50 heavy (non-hydrogen) atoms. The molecule has 1 fully saturated rings. The number of carbonyl (C=O) groups is 4. The van der Waals surface area contributed by atoms with Gasteiger partial charge in [-0.2, -0.15) is 0 Å². The molecule has 0 spiro atoms. The molecule has 276 valence electrons. The Balaban J connectivity index is 1.67. The Kier molecular flexibility index (Phi) is 16.8. The van der Waals surface area contributed by atoms with Gasteiger partial charge in [-0.3, -0.25) is 19.2 Å². The molecule has 0 saturated carbocycles. The fraction of sp³-hybridized carbons (Fsp3) is 0.579.